The molecule has 2 radical (unpaired) electrons. The summed E-state index contributed by atoms with van der Waals surface area (Å²) in [6.07, 6.45) is 3.27. The molecule has 0 spiro atoms. The standard InChI is InChI=1S/C7H4BNOS.C2H6/c8-6-4-11-7(9-6)5-1-2-10-3-5;1-2/h1-4H;1-2H3. The van der Waals surface area contributed by atoms with Crippen LogP contribution in [0.25, 0.3) is 10.6 Å². The van der Waals surface area contributed by atoms with E-state index >= 15 is 0 Å². The smallest absolute Gasteiger partial charge is 0.142 e. The highest BCUT2D eigenvalue weighted by Crippen LogP contribution is 2.20. The van der Waals surface area contributed by atoms with Crippen LogP contribution in [0.1, 0.15) is 13.8 Å². The zero-order valence-electron chi connectivity index (χ0n) is 7.65. The van der Waals surface area contributed by atoms with Gasteiger partial charge in [-0.3, -0.25) is 4.98 Å². The van der Waals surface area contributed by atoms with Gasteiger partial charge in [-0.1, -0.05) is 13.8 Å². The molecule has 4 heteroatoms. The Hall–Kier alpha value is -1.03. The molecule has 2 aromatic rings. The maximum Gasteiger partial charge on any atom is 0.142 e. The summed E-state index contributed by atoms with van der Waals surface area (Å²) in [6.45, 7) is 4.00. The van der Waals surface area contributed by atoms with E-state index in [4.69, 9.17) is 12.3 Å². The molecule has 0 atom stereocenters. The Kier molecular flexibility index (Phi) is 3.77. The second-order valence-corrected chi connectivity index (χ2v) is 2.95. The van der Waals surface area contributed by atoms with E-state index in [0.29, 0.717) is 5.59 Å². The first kappa shape index (κ1) is 10.1. The number of furan rings is 1. The average molecular weight is 191 g/mol. The quantitative estimate of drug-likeness (QED) is 0.646. The van der Waals surface area contributed by atoms with E-state index in [1.54, 1.807) is 12.5 Å². The molecule has 0 bridgehead atoms. The van der Waals surface area contributed by atoms with Gasteiger partial charge in [-0.15, -0.1) is 11.3 Å². The van der Waals surface area contributed by atoms with Crippen molar-refractivity contribution in [3.8, 4) is 10.6 Å². The van der Waals surface area contributed by atoms with E-state index in [2.05, 4.69) is 4.98 Å². The molecule has 0 amide bonds. The lowest BCUT2D eigenvalue weighted by atomic mass is 10.1. The summed E-state index contributed by atoms with van der Waals surface area (Å²) < 4.78 is 4.90. The molecule has 0 aliphatic heterocycles. The highest BCUT2D eigenvalue weighted by molar-refractivity contribution is 7.13. The molecule has 66 valence electrons. The van der Waals surface area contributed by atoms with Crippen LogP contribution in [0.15, 0.2) is 28.4 Å². The summed E-state index contributed by atoms with van der Waals surface area (Å²) in [7, 11) is 5.45. The van der Waals surface area contributed by atoms with Crippen LogP contribution in [0, 0.1) is 0 Å². The summed E-state index contributed by atoms with van der Waals surface area (Å²) in [5.74, 6) is 0. The van der Waals surface area contributed by atoms with Crippen molar-refractivity contribution in [2.45, 2.75) is 13.8 Å². The maximum absolute atomic E-state index is 5.45. The van der Waals surface area contributed by atoms with E-state index in [1.807, 2.05) is 25.3 Å². The molecule has 0 N–H and O–H groups in total. The van der Waals surface area contributed by atoms with E-state index in [0.717, 1.165) is 10.6 Å². The van der Waals surface area contributed by atoms with Gasteiger partial charge in [-0.2, -0.15) is 0 Å². The van der Waals surface area contributed by atoms with Crippen LogP contribution in [-0.2, 0) is 0 Å². The van der Waals surface area contributed by atoms with Crippen molar-refractivity contribution < 1.29 is 4.42 Å². The second-order valence-electron chi connectivity index (χ2n) is 2.09. The molecule has 0 aliphatic carbocycles. The molecule has 0 aliphatic rings. The Morgan fingerprint density at radius 1 is 1.46 bits per heavy atom. The number of rotatable bonds is 1. The van der Waals surface area contributed by atoms with Gasteiger partial charge >= 0.3 is 0 Å². The van der Waals surface area contributed by atoms with E-state index < -0.39 is 0 Å². The molecule has 0 aromatic carbocycles. The maximum atomic E-state index is 5.45. The summed E-state index contributed by atoms with van der Waals surface area (Å²) in [5, 5.41) is 2.71. The average Bonchev–Trinajstić information content (AvgIpc) is 2.77. The molecule has 2 aromatic heterocycles. The SMILES string of the molecule is CC.[B]c1csc(-c2ccoc2)n1. The normalized spacial score (nSPS) is 9.08. The van der Waals surface area contributed by atoms with E-state index in [1.165, 1.54) is 11.3 Å². The summed E-state index contributed by atoms with van der Waals surface area (Å²) in [4.78, 5) is 4.09. The summed E-state index contributed by atoms with van der Waals surface area (Å²) in [5.41, 5.74) is 1.54. The molecular weight excluding hydrogens is 181 g/mol. The molecule has 2 heterocycles. The third-order valence-electron chi connectivity index (χ3n) is 1.29. The summed E-state index contributed by atoms with van der Waals surface area (Å²) >= 11 is 1.51. The van der Waals surface area contributed by atoms with Gasteiger partial charge in [0.1, 0.15) is 19.1 Å². The Morgan fingerprint density at radius 3 is 2.69 bits per heavy atom. The van der Waals surface area contributed by atoms with Crippen molar-refractivity contribution >= 4 is 24.8 Å². The van der Waals surface area contributed by atoms with E-state index in [9.17, 15) is 0 Å². The minimum atomic E-state index is 0.561. The van der Waals surface area contributed by atoms with Gasteiger partial charge in [0.05, 0.1) is 6.26 Å². The van der Waals surface area contributed by atoms with Crippen LogP contribution < -0.4 is 5.59 Å². The fraction of sp³-hybridized carbons (Fsp3) is 0.222. The predicted molar refractivity (Wildman–Crippen MR) is 56.6 cm³/mol. The Labute approximate surface area is 83.0 Å². The second kappa shape index (κ2) is 4.87. The number of hydrogen-bond donors (Lipinski definition) is 0. The molecule has 0 saturated carbocycles. The van der Waals surface area contributed by atoms with Crippen molar-refractivity contribution in [3.63, 3.8) is 0 Å². The molecule has 0 unspecified atom stereocenters. The molecule has 0 fully saturated rings. The van der Waals surface area contributed by atoms with Gasteiger partial charge in [0.2, 0.25) is 0 Å². The minimum absolute atomic E-state index is 0.561. The van der Waals surface area contributed by atoms with Crippen molar-refractivity contribution in [1.82, 2.24) is 4.98 Å². The third-order valence-corrected chi connectivity index (χ3v) is 2.20. The molecular formula is C9H10BNOS. The molecule has 2 nitrogen and oxygen atoms in total. The zero-order chi connectivity index (χ0) is 9.68. The van der Waals surface area contributed by atoms with Gasteiger partial charge in [0.25, 0.3) is 0 Å². The van der Waals surface area contributed by atoms with Gasteiger partial charge in [-0.05, 0) is 11.7 Å². The highest BCUT2D eigenvalue weighted by atomic mass is 32.1. The molecule has 2 rings (SSSR count). The Balaban J connectivity index is 0.000000396. The van der Waals surface area contributed by atoms with E-state index in [-0.39, 0.29) is 0 Å². The Bertz CT molecular complexity index is 342. The first-order valence-electron chi connectivity index (χ1n) is 4.10. The number of aromatic nitrogens is 1. The van der Waals surface area contributed by atoms with Crippen molar-refractivity contribution in [3.05, 3.63) is 24.0 Å². The lowest BCUT2D eigenvalue weighted by Crippen LogP contribution is -2.00. The van der Waals surface area contributed by atoms with Crippen LogP contribution in [-0.4, -0.2) is 12.8 Å². The van der Waals surface area contributed by atoms with Gasteiger partial charge in [0, 0.05) is 10.9 Å². The molecule has 13 heavy (non-hydrogen) atoms. The van der Waals surface area contributed by atoms with Gasteiger partial charge < -0.3 is 4.42 Å². The lowest BCUT2D eigenvalue weighted by Gasteiger charge is -1.83. The monoisotopic (exact) mass is 191 g/mol. The third kappa shape index (κ3) is 2.46. The number of nitrogens with zero attached hydrogens (tertiary/aromatic N) is 1. The van der Waals surface area contributed by atoms with Crippen molar-refractivity contribution in [2.24, 2.45) is 0 Å². The number of hydrogen-bond acceptors (Lipinski definition) is 3. The first-order valence-corrected chi connectivity index (χ1v) is 4.98. The fourth-order valence-electron chi connectivity index (χ4n) is 0.805. The minimum Gasteiger partial charge on any atom is -0.472 e. The van der Waals surface area contributed by atoms with Crippen LogP contribution in [0.4, 0.5) is 0 Å². The topological polar surface area (TPSA) is 26.0 Å². The summed E-state index contributed by atoms with van der Waals surface area (Å²) in [6, 6.07) is 1.86. The lowest BCUT2D eigenvalue weighted by molar-refractivity contribution is 0.568. The fourth-order valence-corrected chi connectivity index (χ4v) is 1.50. The van der Waals surface area contributed by atoms with Crippen LogP contribution >= 0.6 is 11.3 Å². The molecule has 0 saturated heterocycles. The van der Waals surface area contributed by atoms with Crippen molar-refractivity contribution in [1.29, 1.82) is 0 Å². The zero-order valence-corrected chi connectivity index (χ0v) is 8.47. The number of thiazole rings is 1. The van der Waals surface area contributed by atoms with Gasteiger partial charge in [0.15, 0.2) is 0 Å². The Morgan fingerprint density at radius 2 is 2.23 bits per heavy atom. The van der Waals surface area contributed by atoms with Crippen molar-refractivity contribution in [2.75, 3.05) is 0 Å². The van der Waals surface area contributed by atoms with Gasteiger partial charge in [-0.25, -0.2) is 0 Å². The van der Waals surface area contributed by atoms with Crippen LogP contribution in [0.5, 0.6) is 0 Å². The predicted octanol–water partition coefficient (Wildman–Crippen LogP) is 2.22. The first-order chi connectivity index (χ1) is 6.36. The largest absolute Gasteiger partial charge is 0.472 e. The highest BCUT2D eigenvalue weighted by Gasteiger charge is 2.01. The van der Waals surface area contributed by atoms with Crippen LogP contribution in [0.2, 0.25) is 0 Å². The van der Waals surface area contributed by atoms with Crippen LogP contribution in [0.3, 0.4) is 0 Å².